The van der Waals surface area contributed by atoms with Gasteiger partial charge in [-0.15, -0.1) is 0 Å². The number of halogens is 1. The predicted molar refractivity (Wildman–Crippen MR) is 106 cm³/mol. The average Bonchev–Trinajstić information content (AvgIpc) is 2.83. The van der Waals surface area contributed by atoms with E-state index in [9.17, 15) is 21.9 Å². The number of aliphatic hydroxyl groups is 1. The fraction of sp³-hybridized carbons (Fsp3) is 0.176. The lowest BCUT2D eigenvalue weighted by Crippen LogP contribution is -2.29. The van der Waals surface area contributed by atoms with Gasteiger partial charge in [-0.1, -0.05) is 23.7 Å². The monoisotopic (exact) mass is 444 g/mol. The summed E-state index contributed by atoms with van der Waals surface area (Å²) in [5.41, 5.74) is 2.27. The fourth-order valence-corrected chi connectivity index (χ4v) is 4.67. The third-order valence-corrected chi connectivity index (χ3v) is 5.86. The summed E-state index contributed by atoms with van der Waals surface area (Å²) < 4.78 is 55.0. The number of hydrogen-bond donors (Lipinski definition) is 2. The molecule has 1 aliphatic heterocycles. The van der Waals surface area contributed by atoms with E-state index in [-0.39, 0.29) is 5.75 Å². The summed E-state index contributed by atoms with van der Waals surface area (Å²) in [6.07, 6.45) is 2.34. The molecule has 1 aliphatic rings. The molecule has 8 nitrogen and oxygen atoms in total. The minimum absolute atomic E-state index is 0.218. The van der Waals surface area contributed by atoms with Crippen LogP contribution in [0.1, 0.15) is 16.7 Å². The molecule has 150 valence electrons. The van der Waals surface area contributed by atoms with Crippen molar-refractivity contribution in [2.24, 2.45) is 0 Å². The van der Waals surface area contributed by atoms with Gasteiger partial charge in [0.25, 0.3) is 0 Å². The second-order valence-electron chi connectivity index (χ2n) is 6.26. The Bertz CT molecular complexity index is 1160. The van der Waals surface area contributed by atoms with Crippen LogP contribution in [0.25, 0.3) is 0 Å². The van der Waals surface area contributed by atoms with E-state index >= 15 is 0 Å². The third kappa shape index (κ3) is 4.51. The largest absolute Gasteiger partial charge is 0.493 e. The van der Waals surface area contributed by atoms with Crippen molar-refractivity contribution < 1.29 is 26.1 Å². The lowest BCUT2D eigenvalue weighted by molar-refractivity contribution is 0.392. The van der Waals surface area contributed by atoms with Gasteiger partial charge in [0.05, 0.1) is 18.1 Å². The van der Waals surface area contributed by atoms with Crippen LogP contribution in [0.5, 0.6) is 5.75 Å². The average molecular weight is 445 g/mol. The summed E-state index contributed by atoms with van der Waals surface area (Å²) >= 11 is 6.10. The number of nitrogens with zero attached hydrogens (tertiary/aromatic N) is 1. The zero-order valence-electron chi connectivity index (χ0n) is 14.9. The maximum Gasteiger partial charge on any atom is 0.330 e. The Morgan fingerprint density at radius 3 is 2.39 bits per heavy atom. The van der Waals surface area contributed by atoms with Crippen molar-refractivity contribution in [3.8, 4) is 5.75 Å². The molecule has 0 atom stereocenters. The molecule has 0 saturated carbocycles. The van der Waals surface area contributed by atoms with E-state index in [1.165, 1.54) is 0 Å². The van der Waals surface area contributed by atoms with Gasteiger partial charge in [0.2, 0.25) is 5.88 Å². The molecule has 28 heavy (non-hydrogen) atoms. The summed E-state index contributed by atoms with van der Waals surface area (Å²) in [4.78, 5) is 0. The maximum atomic E-state index is 11.9. The summed E-state index contributed by atoms with van der Waals surface area (Å²) in [7, 11) is -7.58. The van der Waals surface area contributed by atoms with E-state index < -0.39 is 26.2 Å². The third-order valence-electron chi connectivity index (χ3n) is 3.87. The highest BCUT2D eigenvalue weighted by Gasteiger charge is 2.28. The first-order chi connectivity index (χ1) is 12.9. The van der Waals surface area contributed by atoms with E-state index in [0.29, 0.717) is 28.3 Å². The molecule has 0 aromatic heterocycles. The summed E-state index contributed by atoms with van der Waals surface area (Å²) in [6.45, 7) is 1.70. The Hall–Kier alpha value is -2.43. The van der Waals surface area contributed by atoms with Crippen LogP contribution in [0.2, 0.25) is 5.02 Å². The number of hydrogen-bond acceptors (Lipinski definition) is 6. The highest BCUT2D eigenvalue weighted by molar-refractivity contribution is 7.91. The van der Waals surface area contributed by atoms with Crippen LogP contribution >= 0.6 is 11.6 Å². The molecule has 0 unspecified atom stereocenters. The van der Waals surface area contributed by atoms with Crippen LogP contribution in [0, 0.1) is 6.92 Å². The molecule has 2 aromatic rings. The summed E-state index contributed by atoms with van der Waals surface area (Å²) in [5, 5.41) is 9.82. The van der Waals surface area contributed by atoms with Crippen molar-refractivity contribution >= 4 is 37.6 Å². The first-order valence-electron chi connectivity index (χ1n) is 7.95. The van der Waals surface area contributed by atoms with Gasteiger partial charge in [-0.05, 0) is 42.3 Å². The molecule has 2 aromatic carbocycles. The Labute approximate surface area is 168 Å². The lowest BCUT2D eigenvalue weighted by Gasteiger charge is -2.15. The fourth-order valence-electron chi connectivity index (χ4n) is 2.78. The molecule has 0 aliphatic carbocycles. The Kier molecular flexibility index (Phi) is 5.22. The van der Waals surface area contributed by atoms with Crippen molar-refractivity contribution in [2.75, 3.05) is 10.6 Å². The number of aryl methyl sites for hydroxylation is 1. The maximum absolute atomic E-state index is 11.9. The van der Waals surface area contributed by atoms with Gasteiger partial charge in [0, 0.05) is 17.0 Å². The molecular weight excluding hydrogens is 428 g/mol. The van der Waals surface area contributed by atoms with Crippen molar-refractivity contribution in [3.63, 3.8) is 0 Å². The van der Waals surface area contributed by atoms with Crippen molar-refractivity contribution in [2.45, 2.75) is 13.3 Å². The van der Waals surface area contributed by atoms with Crippen LogP contribution in [0.15, 0.2) is 48.5 Å². The molecule has 0 radical (unpaired) electrons. The van der Waals surface area contributed by atoms with Gasteiger partial charge in [0.1, 0.15) is 5.75 Å². The zero-order valence-corrected chi connectivity index (χ0v) is 17.3. The SMILES string of the molecule is Cc1cc(Cl)cc(Cc2ccc(N3C=C(O)NS3(=O)=O)cc2)c1OS(C)(=O)=O. The predicted octanol–water partition coefficient (Wildman–Crippen LogP) is 2.59. The van der Waals surface area contributed by atoms with Crippen LogP contribution < -0.4 is 13.2 Å². The minimum Gasteiger partial charge on any atom is -0.493 e. The van der Waals surface area contributed by atoms with Gasteiger partial charge in [0.15, 0.2) is 0 Å². The molecule has 2 N–H and O–H groups in total. The minimum atomic E-state index is -3.86. The number of anilines is 1. The molecule has 0 spiro atoms. The van der Waals surface area contributed by atoms with E-state index in [2.05, 4.69) is 0 Å². The molecule has 3 rings (SSSR count). The van der Waals surface area contributed by atoms with Crippen molar-refractivity contribution in [3.05, 3.63) is 70.2 Å². The first kappa shape index (κ1) is 20.3. The van der Waals surface area contributed by atoms with E-state index in [1.807, 2.05) is 4.72 Å². The van der Waals surface area contributed by atoms with Crippen LogP contribution in [-0.4, -0.2) is 28.2 Å². The van der Waals surface area contributed by atoms with Gasteiger partial charge < -0.3 is 9.29 Å². The molecule has 0 bridgehead atoms. The molecular formula is C17H17ClN2O6S2. The molecule has 0 saturated heterocycles. The number of benzene rings is 2. The normalized spacial score (nSPS) is 15.8. The van der Waals surface area contributed by atoms with Gasteiger partial charge in [-0.3, -0.25) is 0 Å². The molecule has 0 fully saturated rings. The number of aliphatic hydroxyl groups excluding tert-OH is 1. The van der Waals surface area contributed by atoms with Crippen LogP contribution in [0.4, 0.5) is 5.69 Å². The molecule has 0 amide bonds. The molecule has 1 heterocycles. The summed E-state index contributed by atoms with van der Waals surface area (Å²) in [6, 6.07) is 9.75. The quantitative estimate of drug-likeness (QED) is 0.685. The second-order valence-corrected chi connectivity index (χ2v) is 9.82. The second kappa shape index (κ2) is 7.19. The topological polar surface area (TPSA) is 113 Å². The highest BCUT2D eigenvalue weighted by Crippen LogP contribution is 2.31. The first-order valence-corrected chi connectivity index (χ1v) is 11.6. The van der Waals surface area contributed by atoms with E-state index in [0.717, 1.165) is 22.3 Å². The van der Waals surface area contributed by atoms with E-state index in [4.69, 9.17) is 15.8 Å². The van der Waals surface area contributed by atoms with E-state index in [1.54, 1.807) is 43.3 Å². The standard InChI is InChI=1S/C17H17ClN2O6S2/c1-11-7-14(18)9-13(17(11)26-27(2,22)23)8-12-3-5-15(6-4-12)20-10-16(21)19-28(20,24)25/h3-7,9-10,19,21H,8H2,1-2H3. The van der Waals surface area contributed by atoms with Gasteiger partial charge >= 0.3 is 20.3 Å². The number of rotatable bonds is 5. The Morgan fingerprint density at radius 2 is 1.86 bits per heavy atom. The smallest absolute Gasteiger partial charge is 0.330 e. The van der Waals surface area contributed by atoms with Crippen molar-refractivity contribution in [1.29, 1.82) is 0 Å². The highest BCUT2D eigenvalue weighted by atomic mass is 35.5. The Morgan fingerprint density at radius 1 is 1.21 bits per heavy atom. The van der Waals surface area contributed by atoms with Gasteiger partial charge in [-0.25, -0.2) is 9.03 Å². The summed E-state index contributed by atoms with van der Waals surface area (Å²) in [5.74, 6) is -0.254. The number of nitrogens with one attached hydrogen (secondary N) is 1. The van der Waals surface area contributed by atoms with Crippen LogP contribution in [-0.2, 0) is 26.7 Å². The van der Waals surface area contributed by atoms with Crippen molar-refractivity contribution in [1.82, 2.24) is 4.72 Å². The lowest BCUT2D eigenvalue weighted by atomic mass is 10.0. The van der Waals surface area contributed by atoms with Gasteiger partial charge in [-0.2, -0.15) is 16.8 Å². The molecule has 11 heteroatoms. The van der Waals surface area contributed by atoms with Crippen LogP contribution in [0.3, 0.4) is 0 Å². The Balaban J connectivity index is 1.91. The zero-order chi connectivity index (χ0) is 20.7.